The molecule has 0 bridgehead atoms. The van der Waals surface area contributed by atoms with Crippen molar-refractivity contribution in [2.24, 2.45) is 5.92 Å². The van der Waals surface area contributed by atoms with Crippen LogP contribution in [0.15, 0.2) is 47.4 Å². The topological polar surface area (TPSA) is 66.5 Å². The Balaban J connectivity index is 1.55. The molecule has 2 aromatic rings. The highest BCUT2D eigenvalue weighted by atomic mass is 32.2. The molecular weight excluding hydrogens is 471 g/mol. The third-order valence-corrected chi connectivity index (χ3v) is 10.4. The Morgan fingerprint density at radius 1 is 1.21 bits per heavy atom. The van der Waals surface area contributed by atoms with Gasteiger partial charge in [-0.2, -0.15) is 11.8 Å². The summed E-state index contributed by atoms with van der Waals surface area (Å²) in [4.78, 5) is 12.8. The molecule has 1 aliphatic carbocycles. The van der Waals surface area contributed by atoms with E-state index < -0.39 is 15.8 Å². The maximum absolute atomic E-state index is 13.7. The Bertz CT molecular complexity index is 1180. The lowest BCUT2D eigenvalue weighted by Crippen LogP contribution is -2.41. The lowest BCUT2D eigenvalue weighted by Gasteiger charge is -2.38. The first-order valence-corrected chi connectivity index (χ1v) is 14.6. The average Bonchev–Trinajstić information content (AvgIpc) is 3.59. The second-order valence-corrected chi connectivity index (χ2v) is 13.1. The molecule has 0 aromatic heterocycles. The van der Waals surface area contributed by atoms with Crippen LogP contribution in [-0.2, 0) is 15.4 Å². The molecule has 34 heavy (non-hydrogen) atoms. The van der Waals surface area contributed by atoms with E-state index in [1.54, 1.807) is 12.1 Å². The van der Waals surface area contributed by atoms with Gasteiger partial charge in [0, 0.05) is 29.3 Å². The van der Waals surface area contributed by atoms with E-state index >= 15 is 0 Å². The van der Waals surface area contributed by atoms with Crippen LogP contribution in [0.25, 0.3) is 0 Å². The molecule has 1 spiro atoms. The van der Waals surface area contributed by atoms with Gasteiger partial charge < -0.3 is 5.32 Å². The van der Waals surface area contributed by atoms with E-state index in [0.29, 0.717) is 29.6 Å². The maximum Gasteiger partial charge on any atom is 0.264 e. The highest BCUT2D eigenvalue weighted by Crippen LogP contribution is 2.53. The van der Waals surface area contributed by atoms with Gasteiger partial charge in [0.1, 0.15) is 5.82 Å². The molecule has 1 saturated heterocycles. The number of carbonyl (C=O) groups excluding carboxylic acids is 1. The van der Waals surface area contributed by atoms with Crippen LogP contribution in [0.5, 0.6) is 0 Å². The fourth-order valence-corrected chi connectivity index (χ4v) is 8.59. The first-order chi connectivity index (χ1) is 16.3. The fraction of sp³-hybridized carbons (Fsp3) is 0.500. The highest BCUT2D eigenvalue weighted by Gasteiger charge is 2.50. The SMILES string of the molecule is CCCNC(=O)c1ccc2c(c1)C1(CCSC(CC3CC3)C1)CN2S(=O)(=O)c1ccc(F)cc1. The van der Waals surface area contributed by atoms with E-state index in [9.17, 15) is 17.6 Å². The van der Waals surface area contributed by atoms with E-state index in [2.05, 4.69) is 5.32 Å². The third-order valence-electron chi connectivity index (χ3n) is 7.33. The van der Waals surface area contributed by atoms with Gasteiger partial charge in [-0.15, -0.1) is 0 Å². The summed E-state index contributed by atoms with van der Waals surface area (Å²) in [6.07, 6.45) is 6.42. The van der Waals surface area contributed by atoms with Crippen molar-refractivity contribution >= 4 is 33.4 Å². The molecule has 5 rings (SSSR count). The van der Waals surface area contributed by atoms with Gasteiger partial charge in [0.15, 0.2) is 0 Å². The van der Waals surface area contributed by atoms with Gasteiger partial charge in [0.05, 0.1) is 10.6 Å². The minimum Gasteiger partial charge on any atom is -0.352 e. The highest BCUT2D eigenvalue weighted by molar-refractivity contribution is 7.99. The van der Waals surface area contributed by atoms with E-state index in [1.807, 2.05) is 24.8 Å². The molecule has 182 valence electrons. The number of nitrogens with one attached hydrogen (secondary N) is 1. The zero-order valence-electron chi connectivity index (χ0n) is 19.4. The normalized spacial score (nSPS) is 24.3. The molecule has 0 radical (unpaired) electrons. The van der Waals surface area contributed by atoms with E-state index in [1.165, 1.54) is 47.8 Å². The molecule has 2 unspecified atom stereocenters. The number of hydrogen-bond donors (Lipinski definition) is 1. The standard InChI is InChI=1S/C26H31FN2O3S2/c1-2-12-28-25(30)19-5-10-24-23(15-19)26(11-13-33-21(16-26)14-18-3-4-18)17-29(24)34(31,32)22-8-6-20(27)7-9-22/h5-10,15,18,21H,2-4,11-14,16-17H2,1H3,(H,28,30). The van der Waals surface area contributed by atoms with E-state index in [-0.39, 0.29) is 16.2 Å². The van der Waals surface area contributed by atoms with Crippen molar-refractivity contribution in [3.05, 3.63) is 59.4 Å². The van der Waals surface area contributed by atoms with Crippen molar-refractivity contribution in [2.75, 3.05) is 23.1 Å². The zero-order chi connectivity index (χ0) is 23.9. The molecule has 3 aliphatic rings. The number of rotatable bonds is 7. The molecule has 1 amide bonds. The number of nitrogens with zero attached hydrogens (tertiary/aromatic N) is 1. The van der Waals surface area contributed by atoms with Gasteiger partial charge in [0.2, 0.25) is 0 Å². The minimum atomic E-state index is -3.86. The number of anilines is 1. The first-order valence-electron chi connectivity index (χ1n) is 12.1. The molecule has 2 aromatic carbocycles. The molecule has 8 heteroatoms. The number of halogens is 1. The van der Waals surface area contributed by atoms with Crippen LogP contribution in [0.1, 0.15) is 61.4 Å². The number of carbonyl (C=O) groups is 1. The summed E-state index contributed by atoms with van der Waals surface area (Å²) in [5.41, 5.74) is 1.87. The number of fused-ring (bicyclic) bond motifs is 2. The summed E-state index contributed by atoms with van der Waals surface area (Å²) in [7, 11) is -3.86. The number of hydrogen-bond acceptors (Lipinski definition) is 4. The summed E-state index contributed by atoms with van der Waals surface area (Å²) >= 11 is 2.01. The van der Waals surface area contributed by atoms with Crippen molar-refractivity contribution in [3.63, 3.8) is 0 Å². The third kappa shape index (κ3) is 4.47. The van der Waals surface area contributed by atoms with Gasteiger partial charge in [-0.05, 0) is 85.4 Å². The molecule has 2 atom stereocenters. The molecule has 1 saturated carbocycles. The van der Waals surface area contributed by atoms with Crippen molar-refractivity contribution in [1.82, 2.24) is 5.32 Å². The number of benzene rings is 2. The molecule has 2 fully saturated rings. The zero-order valence-corrected chi connectivity index (χ0v) is 21.1. The molecule has 2 heterocycles. The Labute approximate surface area is 205 Å². The minimum absolute atomic E-state index is 0.0846. The van der Waals surface area contributed by atoms with E-state index in [4.69, 9.17) is 0 Å². The predicted octanol–water partition coefficient (Wildman–Crippen LogP) is 5.11. The van der Waals surface area contributed by atoms with Crippen molar-refractivity contribution < 1.29 is 17.6 Å². The molecule has 2 aliphatic heterocycles. The number of thioether (sulfide) groups is 1. The van der Waals surface area contributed by atoms with E-state index in [0.717, 1.165) is 36.5 Å². The van der Waals surface area contributed by atoms with Crippen LogP contribution in [0, 0.1) is 11.7 Å². The summed E-state index contributed by atoms with van der Waals surface area (Å²) < 4.78 is 42.3. The van der Waals surface area contributed by atoms with Crippen LogP contribution in [0.2, 0.25) is 0 Å². The number of sulfonamides is 1. The van der Waals surface area contributed by atoms with Gasteiger partial charge in [-0.1, -0.05) is 19.8 Å². The maximum atomic E-state index is 13.7. The Kier molecular flexibility index (Phi) is 6.40. The molecule has 5 nitrogen and oxygen atoms in total. The van der Waals surface area contributed by atoms with Crippen LogP contribution in [0.3, 0.4) is 0 Å². The molecular formula is C26H31FN2O3S2. The van der Waals surface area contributed by atoms with Crippen LogP contribution < -0.4 is 9.62 Å². The summed E-state index contributed by atoms with van der Waals surface area (Å²) in [6.45, 7) is 2.98. The fourth-order valence-electron chi connectivity index (χ4n) is 5.34. The van der Waals surface area contributed by atoms with Crippen molar-refractivity contribution in [3.8, 4) is 0 Å². The summed E-state index contributed by atoms with van der Waals surface area (Å²) in [5.74, 6) is 1.19. The quantitative estimate of drug-likeness (QED) is 0.572. The van der Waals surface area contributed by atoms with Gasteiger partial charge in [0.25, 0.3) is 15.9 Å². The van der Waals surface area contributed by atoms with Crippen molar-refractivity contribution in [2.45, 2.75) is 61.0 Å². The van der Waals surface area contributed by atoms with Crippen LogP contribution in [-0.4, -0.2) is 38.4 Å². The van der Waals surface area contributed by atoms with Crippen molar-refractivity contribution in [1.29, 1.82) is 0 Å². The predicted molar refractivity (Wildman–Crippen MR) is 134 cm³/mol. The smallest absolute Gasteiger partial charge is 0.264 e. The van der Waals surface area contributed by atoms with Crippen LogP contribution >= 0.6 is 11.8 Å². The van der Waals surface area contributed by atoms with Gasteiger partial charge >= 0.3 is 0 Å². The largest absolute Gasteiger partial charge is 0.352 e. The second kappa shape index (κ2) is 9.19. The lowest BCUT2D eigenvalue weighted by atomic mass is 9.74. The lowest BCUT2D eigenvalue weighted by molar-refractivity contribution is 0.0953. The van der Waals surface area contributed by atoms with Gasteiger partial charge in [-0.25, -0.2) is 12.8 Å². The number of amides is 1. The van der Waals surface area contributed by atoms with Gasteiger partial charge in [-0.3, -0.25) is 9.10 Å². The average molecular weight is 503 g/mol. The second-order valence-electron chi connectivity index (χ2n) is 9.86. The monoisotopic (exact) mass is 502 g/mol. The van der Waals surface area contributed by atoms with Crippen LogP contribution in [0.4, 0.5) is 10.1 Å². The Morgan fingerprint density at radius 3 is 2.68 bits per heavy atom. The summed E-state index contributed by atoms with van der Waals surface area (Å²) in [5, 5.41) is 3.44. The molecule has 1 N–H and O–H groups in total. The Morgan fingerprint density at radius 2 is 1.97 bits per heavy atom. The first kappa shape index (κ1) is 23.7. The summed E-state index contributed by atoms with van der Waals surface area (Å²) in [6, 6.07) is 10.4. The Hall–Kier alpha value is -2.06.